The predicted molar refractivity (Wildman–Crippen MR) is 136 cm³/mol. The van der Waals surface area contributed by atoms with Crippen LogP contribution in [0.25, 0.3) is 11.0 Å². The molecule has 2 aromatic rings. The molecule has 0 atom stereocenters. The molecule has 0 spiro atoms. The van der Waals surface area contributed by atoms with E-state index in [0.29, 0.717) is 17.0 Å². The second-order valence-corrected chi connectivity index (χ2v) is 10.4. The van der Waals surface area contributed by atoms with Crippen LogP contribution in [0.4, 0.5) is 10.1 Å². The number of hydrogen-bond donors (Lipinski definition) is 3. The Morgan fingerprint density at radius 3 is 2.56 bits per heavy atom. The second kappa shape index (κ2) is 10.7. The molecule has 0 radical (unpaired) electrons. The first-order valence-electron chi connectivity index (χ1n) is 11.1. The summed E-state index contributed by atoms with van der Waals surface area (Å²) in [6.45, 7) is 1.01. The number of carbonyl (C=O) groups is 2. The molecular weight excluding hydrogens is 507 g/mol. The van der Waals surface area contributed by atoms with Crippen LogP contribution in [0.1, 0.15) is 23.2 Å². The third-order valence-corrected chi connectivity index (χ3v) is 7.84. The monoisotopic (exact) mass is 532 g/mol. The number of nitrogens with two attached hydrogens (primary N) is 2. The molecule has 10 nitrogen and oxygen atoms in total. The summed E-state index contributed by atoms with van der Waals surface area (Å²) in [7, 11) is -4.06. The lowest BCUT2D eigenvalue weighted by Crippen LogP contribution is -2.51. The number of hydrogen-bond acceptors (Lipinski definition) is 8. The summed E-state index contributed by atoms with van der Waals surface area (Å²) in [5.41, 5.74) is 5.51. The van der Waals surface area contributed by atoms with Crippen LogP contribution in [0.5, 0.6) is 0 Å². The largest absolute Gasteiger partial charge is 0.394 e. The highest BCUT2D eigenvalue weighted by molar-refractivity contribution is 8.01. The van der Waals surface area contributed by atoms with E-state index in [0.717, 1.165) is 18.0 Å². The van der Waals surface area contributed by atoms with Crippen molar-refractivity contribution in [1.82, 2.24) is 14.8 Å². The van der Waals surface area contributed by atoms with Crippen LogP contribution in [-0.2, 0) is 14.8 Å². The first-order valence-corrected chi connectivity index (χ1v) is 13.5. The summed E-state index contributed by atoms with van der Waals surface area (Å²) in [6.07, 6.45) is 4.19. The number of rotatable bonds is 6. The summed E-state index contributed by atoms with van der Waals surface area (Å²) in [4.78, 5) is 32.4. The first-order chi connectivity index (χ1) is 17.2. The van der Waals surface area contributed by atoms with E-state index < -0.39 is 21.7 Å². The summed E-state index contributed by atoms with van der Waals surface area (Å²) in [5, 5.41) is 7.71. The molecule has 2 aliphatic rings. The average Bonchev–Trinajstić information content (AvgIpc) is 2.88. The zero-order valence-corrected chi connectivity index (χ0v) is 20.8. The molecule has 1 fully saturated rings. The van der Waals surface area contributed by atoms with Gasteiger partial charge in [-0.3, -0.25) is 24.4 Å². The van der Waals surface area contributed by atoms with Gasteiger partial charge in [0.05, 0.1) is 15.9 Å². The number of aromatic nitrogens is 1. The third kappa shape index (κ3) is 5.37. The molecule has 1 aliphatic carbocycles. The predicted octanol–water partition coefficient (Wildman–Crippen LogP) is 0.0365. The van der Waals surface area contributed by atoms with Crippen LogP contribution in [0.2, 0.25) is 0 Å². The molecule has 0 unspecified atom stereocenters. The van der Waals surface area contributed by atoms with E-state index in [1.54, 1.807) is 12.1 Å². The van der Waals surface area contributed by atoms with Gasteiger partial charge >= 0.3 is 0 Å². The molecule has 0 saturated carbocycles. The maximum absolute atomic E-state index is 14.9. The maximum Gasteiger partial charge on any atom is 0.270 e. The Bertz CT molecular complexity index is 1450. The van der Waals surface area contributed by atoms with Crippen molar-refractivity contribution in [2.45, 2.75) is 12.8 Å². The molecule has 5 N–H and O–H groups in total. The van der Waals surface area contributed by atoms with E-state index in [-0.39, 0.29) is 60.4 Å². The van der Waals surface area contributed by atoms with Gasteiger partial charge < -0.3 is 15.5 Å². The lowest BCUT2D eigenvalue weighted by Gasteiger charge is -2.34. The van der Waals surface area contributed by atoms with Crippen molar-refractivity contribution in [3.05, 3.63) is 69.6 Å². The van der Waals surface area contributed by atoms with Gasteiger partial charge in [-0.25, -0.2) is 12.8 Å². The molecule has 1 saturated heterocycles. The maximum atomic E-state index is 14.9. The van der Waals surface area contributed by atoms with Gasteiger partial charge in [0.25, 0.3) is 21.8 Å². The van der Waals surface area contributed by atoms with Crippen LogP contribution in [0, 0.1) is 5.82 Å². The third-order valence-electron chi connectivity index (χ3n) is 5.92. The SMILES string of the molecule is NS/C=C(\N)C(=O)N1CCN(C(=O)c2ccc(NS(=O)(=O)C3=c4ncccc4=CCC3)c(F)c2)CC1. The number of anilines is 1. The minimum Gasteiger partial charge on any atom is -0.394 e. The molecule has 1 aromatic heterocycles. The van der Waals surface area contributed by atoms with Crippen molar-refractivity contribution >= 4 is 50.5 Å². The van der Waals surface area contributed by atoms with E-state index in [2.05, 4.69) is 9.71 Å². The second-order valence-electron chi connectivity index (χ2n) is 8.20. The number of amides is 2. The number of nitrogens with zero attached hydrogens (tertiary/aromatic N) is 3. The van der Waals surface area contributed by atoms with Crippen LogP contribution in [-0.4, -0.2) is 61.2 Å². The highest BCUT2D eigenvalue weighted by Gasteiger charge is 2.27. The summed E-state index contributed by atoms with van der Waals surface area (Å²) in [6, 6.07) is 7.09. The van der Waals surface area contributed by atoms with Gasteiger partial charge in [0.15, 0.2) is 0 Å². The highest BCUT2D eigenvalue weighted by Crippen LogP contribution is 2.23. The molecule has 190 valence electrons. The van der Waals surface area contributed by atoms with E-state index in [1.807, 2.05) is 6.08 Å². The number of carbonyl (C=O) groups excluding carboxylic acids is 2. The van der Waals surface area contributed by atoms with Gasteiger partial charge in [-0.05, 0) is 42.3 Å². The molecule has 2 amide bonds. The Hall–Kier alpha value is -3.42. The minimum absolute atomic E-state index is 0.0196. The summed E-state index contributed by atoms with van der Waals surface area (Å²) in [5.74, 6) is -1.67. The minimum atomic E-state index is -4.06. The van der Waals surface area contributed by atoms with Gasteiger partial charge in [-0.15, -0.1) is 0 Å². The number of halogens is 1. The van der Waals surface area contributed by atoms with Gasteiger partial charge in [0.1, 0.15) is 11.5 Å². The Balaban J connectivity index is 1.46. The van der Waals surface area contributed by atoms with Gasteiger partial charge in [-0.2, -0.15) is 0 Å². The highest BCUT2D eigenvalue weighted by atomic mass is 32.2. The standard InChI is InChI=1S/C23H25FN6O4S2/c24-17-13-16(22(31)29-9-11-30(12-10-29)23(32)18(25)14-35-26)6-7-19(17)28-36(33,34)20-5-1-3-15-4-2-8-27-21(15)20/h2-4,6-8,13-14,28H,1,5,9-12,25-26H2/b18-14-. The van der Waals surface area contributed by atoms with Crippen molar-refractivity contribution in [2.75, 3.05) is 30.9 Å². The summed E-state index contributed by atoms with van der Waals surface area (Å²) < 4.78 is 43.2. The van der Waals surface area contributed by atoms with E-state index >= 15 is 0 Å². The topological polar surface area (TPSA) is 152 Å². The molecule has 4 rings (SSSR count). The molecule has 1 aromatic carbocycles. The van der Waals surface area contributed by atoms with Crippen LogP contribution >= 0.6 is 11.9 Å². The normalized spacial score (nSPS) is 16.3. The zero-order chi connectivity index (χ0) is 25.9. The molecule has 36 heavy (non-hydrogen) atoms. The smallest absolute Gasteiger partial charge is 0.270 e. The van der Waals surface area contributed by atoms with Crippen molar-refractivity contribution in [1.29, 1.82) is 0 Å². The Morgan fingerprint density at radius 1 is 1.14 bits per heavy atom. The number of nitrogens with one attached hydrogen (secondary N) is 1. The average molecular weight is 533 g/mol. The van der Waals surface area contributed by atoms with Crippen molar-refractivity contribution in [3.8, 4) is 0 Å². The molecular formula is C23H25FN6O4S2. The fraction of sp³-hybridized carbons (Fsp3) is 0.261. The quantitative estimate of drug-likeness (QED) is 0.348. The number of piperazine rings is 1. The lowest BCUT2D eigenvalue weighted by molar-refractivity contribution is -0.128. The fourth-order valence-electron chi connectivity index (χ4n) is 4.09. The Kier molecular flexibility index (Phi) is 7.62. The van der Waals surface area contributed by atoms with Crippen LogP contribution in [0.3, 0.4) is 0 Å². The van der Waals surface area contributed by atoms with Gasteiger partial charge in [0, 0.05) is 43.3 Å². The van der Waals surface area contributed by atoms with Crippen molar-refractivity contribution < 1.29 is 22.4 Å². The van der Waals surface area contributed by atoms with Crippen molar-refractivity contribution in [3.63, 3.8) is 0 Å². The van der Waals surface area contributed by atoms with Crippen LogP contribution in [0.15, 0.2) is 47.6 Å². The zero-order valence-electron chi connectivity index (χ0n) is 19.2. The van der Waals surface area contributed by atoms with Crippen molar-refractivity contribution in [2.24, 2.45) is 10.9 Å². The number of fused-ring (bicyclic) bond motifs is 1. The molecule has 1 aliphatic heterocycles. The van der Waals surface area contributed by atoms with Gasteiger partial charge in [0.2, 0.25) is 0 Å². The van der Waals surface area contributed by atoms with Gasteiger partial charge in [-0.1, -0.05) is 24.1 Å². The molecule has 0 bridgehead atoms. The Labute approximate surface area is 211 Å². The Morgan fingerprint density at radius 2 is 1.86 bits per heavy atom. The number of benzene rings is 1. The van der Waals surface area contributed by atoms with E-state index in [4.69, 9.17) is 10.9 Å². The van der Waals surface area contributed by atoms with E-state index in [9.17, 15) is 22.4 Å². The molecule has 2 heterocycles. The number of pyridine rings is 1. The van der Waals surface area contributed by atoms with E-state index in [1.165, 1.54) is 33.5 Å². The van der Waals surface area contributed by atoms with Crippen LogP contribution < -0.4 is 26.2 Å². The summed E-state index contributed by atoms with van der Waals surface area (Å²) >= 11 is 0.832. The lowest BCUT2D eigenvalue weighted by atomic mass is 10.1. The molecule has 13 heteroatoms. The fourth-order valence-corrected chi connectivity index (χ4v) is 5.73. The number of sulfonamides is 1. The first kappa shape index (κ1) is 25.7.